The number of amides is 2. The van der Waals surface area contributed by atoms with Crippen LogP contribution in [0.3, 0.4) is 0 Å². The third-order valence-corrected chi connectivity index (χ3v) is 4.50. The molecule has 86 valence electrons. The van der Waals surface area contributed by atoms with Gasteiger partial charge < -0.3 is 10.2 Å². The Morgan fingerprint density at radius 1 is 1.62 bits per heavy atom. The molecule has 1 fully saturated rings. The van der Waals surface area contributed by atoms with Crippen LogP contribution in [0.1, 0.15) is 11.8 Å². The predicted octanol–water partition coefficient (Wildman–Crippen LogP) is 1.36. The topological polar surface area (TPSA) is 49.4 Å². The molecule has 0 bridgehead atoms. The van der Waals surface area contributed by atoms with Gasteiger partial charge in [-0.2, -0.15) is 0 Å². The maximum Gasteiger partial charge on any atom is 0.242 e. The van der Waals surface area contributed by atoms with Crippen molar-refractivity contribution in [2.45, 2.75) is 19.5 Å². The van der Waals surface area contributed by atoms with E-state index in [1.165, 1.54) is 0 Å². The molecule has 6 heteroatoms. The highest BCUT2D eigenvalue weighted by Gasteiger charge is 2.31. The van der Waals surface area contributed by atoms with Gasteiger partial charge in [0.25, 0.3) is 0 Å². The van der Waals surface area contributed by atoms with E-state index in [0.717, 1.165) is 9.35 Å². The van der Waals surface area contributed by atoms with Crippen molar-refractivity contribution in [2.24, 2.45) is 0 Å². The van der Waals surface area contributed by atoms with Crippen molar-refractivity contribution < 1.29 is 9.59 Å². The predicted molar refractivity (Wildman–Crippen MR) is 65.0 cm³/mol. The van der Waals surface area contributed by atoms with E-state index in [1.54, 1.807) is 23.2 Å². The maximum atomic E-state index is 11.7. The Morgan fingerprint density at radius 3 is 3.00 bits per heavy atom. The summed E-state index contributed by atoms with van der Waals surface area (Å²) in [7, 11) is 0. The molecule has 0 saturated carbocycles. The van der Waals surface area contributed by atoms with Crippen LogP contribution in [0.25, 0.3) is 0 Å². The Labute approximate surface area is 106 Å². The van der Waals surface area contributed by atoms with Crippen LogP contribution in [0, 0.1) is 0 Å². The van der Waals surface area contributed by atoms with Crippen LogP contribution >= 0.6 is 27.3 Å². The van der Waals surface area contributed by atoms with Crippen molar-refractivity contribution in [1.82, 2.24) is 10.2 Å². The van der Waals surface area contributed by atoms with Gasteiger partial charge in [0.2, 0.25) is 11.8 Å². The van der Waals surface area contributed by atoms with Crippen LogP contribution in [-0.2, 0) is 16.1 Å². The average Bonchev–Trinajstić information content (AvgIpc) is 2.65. The number of thiophene rings is 1. The number of carbonyl (C=O) groups excluding carboxylic acids is 2. The van der Waals surface area contributed by atoms with Crippen LogP contribution in [0.5, 0.6) is 0 Å². The van der Waals surface area contributed by atoms with Crippen molar-refractivity contribution in [2.75, 3.05) is 6.54 Å². The van der Waals surface area contributed by atoms with Crippen LogP contribution in [0.4, 0.5) is 0 Å². The first-order valence-corrected chi connectivity index (χ1v) is 6.56. The lowest BCUT2D eigenvalue weighted by atomic mass is 10.2. The molecule has 1 saturated heterocycles. The molecule has 0 spiro atoms. The fourth-order valence-corrected chi connectivity index (χ4v) is 3.06. The molecule has 0 aliphatic carbocycles. The van der Waals surface area contributed by atoms with Gasteiger partial charge in [-0.25, -0.2) is 0 Å². The molecule has 2 heterocycles. The number of rotatable bonds is 2. The molecule has 1 aromatic rings. The molecular formula is C10H11BrN2O2S. The van der Waals surface area contributed by atoms with E-state index < -0.39 is 6.04 Å². The second-order valence-electron chi connectivity index (χ2n) is 3.61. The van der Waals surface area contributed by atoms with E-state index in [1.807, 2.05) is 11.4 Å². The normalized spacial score (nSPS) is 21.1. The number of carbonyl (C=O) groups is 2. The molecular weight excluding hydrogens is 292 g/mol. The van der Waals surface area contributed by atoms with E-state index in [0.29, 0.717) is 6.54 Å². The summed E-state index contributed by atoms with van der Waals surface area (Å²) in [5.41, 5.74) is 0. The first-order valence-electron chi connectivity index (χ1n) is 4.88. The van der Waals surface area contributed by atoms with E-state index in [4.69, 9.17) is 0 Å². The molecule has 1 N–H and O–H groups in total. The van der Waals surface area contributed by atoms with E-state index in [9.17, 15) is 9.59 Å². The Hall–Kier alpha value is -0.880. The summed E-state index contributed by atoms with van der Waals surface area (Å²) in [5.74, 6) is -0.125. The molecule has 4 nitrogen and oxygen atoms in total. The summed E-state index contributed by atoms with van der Waals surface area (Å²) in [5, 5.41) is 4.52. The molecule has 1 aromatic heterocycles. The zero-order valence-corrected chi connectivity index (χ0v) is 11.1. The minimum absolute atomic E-state index is 0.0348. The van der Waals surface area contributed by atoms with Gasteiger partial charge in [0, 0.05) is 9.35 Å². The summed E-state index contributed by atoms with van der Waals surface area (Å²) < 4.78 is 0.989. The number of nitrogens with one attached hydrogen (secondary N) is 1. The number of piperazine rings is 1. The number of halogens is 1. The average molecular weight is 303 g/mol. The van der Waals surface area contributed by atoms with Crippen LogP contribution in [0.2, 0.25) is 0 Å². The second kappa shape index (κ2) is 4.55. The first kappa shape index (κ1) is 11.6. The third kappa shape index (κ3) is 2.12. The standard InChI is InChI=1S/C10H11BrN2O2S/c1-6-10(15)12-4-9(14)13(6)5-8-7(11)2-3-16-8/h2-3,6H,4-5H2,1H3,(H,12,15). The van der Waals surface area contributed by atoms with E-state index in [2.05, 4.69) is 21.2 Å². The van der Waals surface area contributed by atoms with Gasteiger partial charge in [-0.1, -0.05) is 0 Å². The van der Waals surface area contributed by atoms with Crippen LogP contribution in [0.15, 0.2) is 15.9 Å². The van der Waals surface area contributed by atoms with E-state index >= 15 is 0 Å². The van der Waals surface area contributed by atoms with Crippen LogP contribution in [-0.4, -0.2) is 29.3 Å². The summed E-state index contributed by atoms with van der Waals surface area (Å²) >= 11 is 5.00. The fourth-order valence-electron chi connectivity index (χ4n) is 1.59. The maximum absolute atomic E-state index is 11.7. The van der Waals surface area contributed by atoms with Gasteiger partial charge in [0.15, 0.2) is 0 Å². The van der Waals surface area contributed by atoms with Gasteiger partial charge in [0.05, 0.1) is 13.1 Å². The Balaban J connectivity index is 2.16. The zero-order chi connectivity index (χ0) is 11.7. The molecule has 0 radical (unpaired) electrons. The molecule has 2 amide bonds. The Kier molecular flexibility index (Phi) is 3.30. The number of nitrogens with zero attached hydrogens (tertiary/aromatic N) is 1. The van der Waals surface area contributed by atoms with Crippen molar-refractivity contribution in [3.8, 4) is 0 Å². The van der Waals surface area contributed by atoms with Crippen molar-refractivity contribution in [3.63, 3.8) is 0 Å². The van der Waals surface area contributed by atoms with Gasteiger partial charge >= 0.3 is 0 Å². The summed E-state index contributed by atoms with van der Waals surface area (Å²) in [6.07, 6.45) is 0. The molecule has 2 rings (SSSR count). The smallest absolute Gasteiger partial charge is 0.242 e. The van der Waals surface area contributed by atoms with Gasteiger partial charge in [-0.15, -0.1) is 11.3 Å². The largest absolute Gasteiger partial charge is 0.345 e. The molecule has 0 aromatic carbocycles. The monoisotopic (exact) mass is 302 g/mol. The number of hydrogen-bond acceptors (Lipinski definition) is 3. The quantitative estimate of drug-likeness (QED) is 0.897. The van der Waals surface area contributed by atoms with E-state index in [-0.39, 0.29) is 18.4 Å². The molecule has 1 aliphatic rings. The highest BCUT2D eigenvalue weighted by molar-refractivity contribution is 9.10. The molecule has 16 heavy (non-hydrogen) atoms. The minimum Gasteiger partial charge on any atom is -0.345 e. The highest BCUT2D eigenvalue weighted by atomic mass is 79.9. The minimum atomic E-state index is -0.393. The van der Waals surface area contributed by atoms with Gasteiger partial charge in [-0.3, -0.25) is 9.59 Å². The SMILES string of the molecule is CC1C(=O)NCC(=O)N1Cc1sccc1Br. The number of hydrogen-bond donors (Lipinski definition) is 1. The van der Waals surface area contributed by atoms with Crippen molar-refractivity contribution >= 4 is 39.1 Å². The molecule has 1 atom stereocenters. The molecule has 1 unspecified atom stereocenters. The lowest BCUT2D eigenvalue weighted by molar-refractivity contribution is -0.145. The summed E-state index contributed by atoms with van der Waals surface area (Å²) in [4.78, 5) is 25.8. The zero-order valence-electron chi connectivity index (χ0n) is 8.70. The fraction of sp³-hybridized carbons (Fsp3) is 0.400. The Bertz CT molecular complexity index is 432. The second-order valence-corrected chi connectivity index (χ2v) is 5.46. The van der Waals surface area contributed by atoms with Crippen LogP contribution < -0.4 is 5.32 Å². The van der Waals surface area contributed by atoms with Gasteiger partial charge in [-0.05, 0) is 34.3 Å². The summed E-state index contributed by atoms with van der Waals surface area (Å²) in [6, 6.07) is 1.55. The highest BCUT2D eigenvalue weighted by Crippen LogP contribution is 2.25. The lowest BCUT2D eigenvalue weighted by Gasteiger charge is -2.32. The molecule has 1 aliphatic heterocycles. The Morgan fingerprint density at radius 2 is 2.38 bits per heavy atom. The van der Waals surface area contributed by atoms with Gasteiger partial charge in [0.1, 0.15) is 6.04 Å². The summed E-state index contributed by atoms with van der Waals surface area (Å²) in [6.45, 7) is 2.34. The first-order chi connectivity index (χ1) is 7.59. The van der Waals surface area contributed by atoms with Crippen molar-refractivity contribution in [1.29, 1.82) is 0 Å². The lowest BCUT2D eigenvalue weighted by Crippen LogP contribution is -2.56. The third-order valence-electron chi connectivity index (χ3n) is 2.59. The van der Waals surface area contributed by atoms with Crippen molar-refractivity contribution in [3.05, 3.63) is 20.8 Å².